The van der Waals surface area contributed by atoms with E-state index in [1.807, 2.05) is 48.5 Å². The summed E-state index contributed by atoms with van der Waals surface area (Å²) in [6.45, 7) is 0.826. The lowest BCUT2D eigenvalue weighted by Crippen LogP contribution is -2.43. The van der Waals surface area contributed by atoms with Crippen molar-refractivity contribution in [2.24, 2.45) is 0 Å². The van der Waals surface area contributed by atoms with Crippen molar-refractivity contribution >= 4 is 33.8 Å². The van der Waals surface area contributed by atoms with Crippen molar-refractivity contribution in [3.05, 3.63) is 54.6 Å². The molecule has 1 N–H and O–H groups in total. The van der Waals surface area contributed by atoms with Crippen LogP contribution in [0.2, 0.25) is 0 Å². The Hall–Kier alpha value is -1.76. The first-order chi connectivity index (χ1) is 12.7. The molecule has 1 aliphatic heterocycles. The quantitative estimate of drug-likeness (QED) is 0.727. The van der Waals surface area contributed by atoms with E-state index < -0.39 is 15.5 Å². The van der Waals surface area contributed by atoms with Crippen LogP contribution in [-0.4, -0.2) is 26.4 Å². The number of hydrogen-bond donors (Lipinski definition) is 1. The Balaban J connectivity index is 0.00000210. The molecule has 0 aromatic heterocycles. The van der Waals surface area contributed by atoms with E-state index in [0.29, 0.717) is 29.6 Å². The summed E-state index contributed by atoms with van der Waals surface area (Å²) >= 11 is 0. The summed E-state index contributed by atoms with van der Waals surface area (Å²) in [5, 5.41) is 3.48. The molecule has 146 valence electrons. The average Bonchev–Trinajstić information content (AvgIpc) is 2.60. The topological polar surface area (TPSA) is 58.6 Å². The minimum Gasteiger partial charge on any atom is -0.470 e. The van der Waals surface area contributed by atoms with Crippen LogP contribution in [0.15, 0.2) is 54.6 Å². The normalized spacial score (nSPS) is 20.7. The van der Waals surface area contributed by atoms with Crippen molar-refractivity contribution in [2.75, 3.05) is 10.8 Å². The summed E-state index contributed by atoms with van der Waals surface area (Å²) in [6, 6.07) is 17.1. The molecule has 0 bridgehead atoms. The first kappa shape index (κ1) is 20.0. The smallest absolute Gasteiger partial charge is 0.277 e. The molecule has 2 aromatic rings. The lowest BCUT2D eigenvalue weighted by atomic mass is 9.93. The Morgan fingerprint density at radius 1 is 1.04 bits per heavy atom. The number of nitrogens with zero attached hydrogens (tertiary/aromatic N) is 1. The van der Waals surface area contributed by atoms with E-state index in [-0.39, 0.29) is 12.4 Å². The molecule has 1 fully saturated rings. The Morgan fingerprint density at radius 3 is 2.44 bits per heavy atom. The highest BCUT2D eigenvalue weighted by Crippen LogP contribution is 2.42. The molecule has 1 saturated carbocycles. The van der Waals surface area contributed by atoms with E-state index in [0.717, 1.165) is 13.0 Å². The Labute approximate surface area is 167 Å². The van der Waals surface area contributed by atoms with Gasteiger partial charge in [0.05, 0.1) is 11.4 Å². The fourth-order valence-corrected chi connectivity index (χ4v) is 5.19. The molecule has 1 heterocycles. The van der Waals surface area contributed by atoms with Gasteiger partial charge in [-0.2, -0.15) is 0 Å². The fourth-order valence-electron chi connectivity index (χ4n) is 3.43. The van der Waals surface area contributed by atoms with Gasteiger partial charge in [-0.05, 0) is 50.1 Å². The number of benzene rings is 2. The van der Waals surface area contributed by atoms with Crippen molar-refractivity contribution in [1.82, 2.24) is 5.32 Å². The number of para-hydroxylation sites is 3. The molecule has 2 aliphatic rings. The molecular weight excluding hydrogens is 384 g/mol. The lowest BCUT2D eigenvalue weighted by Gasteiger charge is -2.35. The summed E-state index contributed by atoms with van der Waals surface area (Å²) < 4.78 is 33.8. The number of halogens is 1. The van der Waals surface area contributed by atoms with E-state index in [1.54, 1.807) is 6.07 Å². The van der Waals surface area contributed by atoms with E-state index in [4.69, 9.17) is 4.74 Å². The van der Waals surface area contributed by atoms with Gasteiger partial charge in [-0.3, -0.25) is 0 Å². The Kier molecular flexibility index (Phi) is 6.29. The van der Waals surface area contributed by atoms with Crippen LogP contribution in [0.1, 0.15) is 32.1 Å². The molecule has 7 heteroatoms. The SMILES string of the molecule is Cl.O=S1(=O)C(CCCNC2CCC2)Oc2ccccc2N1c1ccccc1. The number of rotatable bonds is 6. The highest BCUT2D eigenvalue weighted by Gasteiger charge is 2.40. The summed E-state index contributed by atoms with van der Waals surface area (Å²) in [5.41, 5.74) is 0.351. The zero-order chi connectivity index (χ0) is 18.0. The van der Waals surface area contributed by atoms with Crippen LogP contribution >= 0.6 is 12.4 Å². The summed E-state index contributed by atoms with van der Waals surface area (Å²) in [4.78, 5) is 0. The molecule has 0 spiro atoms. The van der Waals surface area contributed by atoms with Gasteiger partial charge in [-0.25, -0.2) is 12.7 Å². The maximum absolute atomic E-state index is 13.3. The number of sulfonamides is 1. The minimum absolute atomic E-state index is 0. The molecule has 0 saturated heterocycles. The molecular formula is C20H25ClN2O3S. The summed E-state index contributed by atoms with van der Waals surface area (Å²) in [6.07, 6.45) is 4.99. The molecule has 1 atom stereocenters. The molecule has 27 heavy (non-hydrogen) atoms. The van der Waals surface area contributed by atoms with Gasteiger partial charge in [0.1, 0.15) is 5.75 Å². The zero-order valence-electron chi connectivity index (χ0n) is 15.1. The zero-order valence-corrected chi connectivity index (χ0v) is 16.7. The molecule has 4 rings (SSSR count). The molecule has 2 aromatic carbocycles. The van der Waals surface area contributed by atoms with Crippen LogP contribution < -0.4 is 14.4 Å². The highest BCUT2D eigenvalue weighted by molar-refractivity contribution is 7.93. The second-order valence-corrected chi connectivity index (χ2v) is 8.81. The van der Waals surface area contributed by atoms with Crippen LogP contribution in [0.5, 0.6) is 5.75 Å². The standard InChI is InChI=1S/C20H24N2O3S.ClH/c23-26(24)20(14-7-15-21-16-8-6-9-16)25-19-13-5-4-12-18(19)22(26)17-10-2-1-3-11-17;/h1-5,10-13,16,20-21H,6-9,14-15H2;1H. The molecule has 5 nitrogen and oxygen atoms in total. The number of fused-ring (bicyclic) bond motifs is 1. The van der Waals surface area contributed by atoms with Gasteiger partial charge in [0.15, 0.2) is 0 Å². The summed E-state index contributed by atoms with van der Waals surface area (Å²) in [5.74, 6) is 0.614. The third-order valence-corrected chi connectivity index (χ3v) is 6.99. The average molecular weight is 409 g/mol. The summed E-state index contributed by atoms with van der Waals surface area (Å²) in [7, 11) is -3.64. The third kappa shape index (κ3) is 4.08. The maximum atomic E-state index is 13.3. The second-order valence-electron chi connectivity index (χ2n) is 6.88. The molecule has 0 radical (unpaired) electrons. The van der Waals surface area contributed by atoms with Gasteiger partial charge in [-0.15, -0.1) is 12.4 Å². The van der Waals surface area contributed by atoms with E-state index in [9.17, 15) is 8.42 Å². The van der Waals surface area contributed by atoms with Gasteiger partial charge in [0.25, 0.3) is 10.0 Å². The maximum Gasteiger partial charge on any atom is 0.277 e. The van der Waals surface area contributed by atoms with Crippen molar-refractivity contribution < 1.29 is 13.2 Å². The van der Waals surface area contributed by atoms with Crippen molar-refractivity contribution in [1.29, 1.82) is 0 Å². The fraction of sp³-hybridized carbons (Fsp3) is 0.400. The van der Waals surface area contributed by atoms with Gasteiger partial charge < -0.3 is 10.1 Å². The van der Waals surface area contributed by atoms with Gasteiger partial charge in [0, 0.05) is 12.5 Å². The van der Waals surface area contributed by atoms with Gasteiger partial charge >= 0.3 is 0 Å². The largest absolute Gasteiger partial charge is 0.470 e. The molecule has 1 unspecified atom stereocenters. The molecule has 0 amide bonds. The van der Waals surface area contributed by atoms with Gasteiger partial charge in [0.2, 0.25) is 5.44 Å². The number of ether oxygens (including phenoxy) is 1. The first-order valence-electron chi connectivity index (χ1n) is 9.24. The van der Waals surface area contributed by atoms with Crippen molar-refractivity contribution in [3.63, 3.8) is 0 Å². The van der Waals surface area contributed by atoms with Crippen LogP contribution in [0.3, 0.4) is 0 Å². The van der Waals surface area contributed by atoms with Crippen LogP contribution in [0.25, 0.3) is 0 Å². The first-order valence-corrected chi connectivity index (χ1v) is 10.7. The van der Waals surface area contributed by atoms with Crippen LogP contribution in [0, 0.1) is 0 Å². The number of hydrogen-bond acceptors (Lipinski definition) is 4. The van der Waals surface area contributed by atoms with Gasteiger partial charge in [-0.1, -0.05) is 36.8 Å². The van der Waals surface area contributed by atoms with E-state index in [1.165, 1.54) is 23.6 Å². The predicted molar refractivity (Wildman–Crippen MR) is 110 cm³/mol. The number of nitrogens with one attached hydrogen (secondary N) is 1. The van der Waals surface area contributed by atoms with Crippen LogP contribution in [-0.2, 0) is 10.0 Å². The van der Waals surface area contributed by atoms with Crippen molar-refractivity contribution in [2.45, 2.75) is 43.6 Å². The van der Waals surface area contributed by atoms with E-state index >= 15 is 0 Å². The lowest BCUT2D eigenvalue weighted by molar-refractivity contribution is 0.250. The third-order valence-electron chi connectivity index (χ3n) is 5.07. The Morgan fingerprint density at radius 2 is 1.74 bits per heavy atom. The Bertz CT molecular complexity index is 857. The number of anilines is 2. The monoisotopic (exact) mass is 408 g/mol. The van der Waals surface area contributed by atoms with Crippen LogP contribution in [0.4, 0.5) is 11.4 Å². The highest BCUT2D eigenvalue weighted by atomic mass is 35.5. The van der Waals surface area contributed by atoms with E-state index in [2.05, 4.69) is 5.32 Å². The molecule has 1 aliphatic carbocycles. The predicted octanol–water partition coefficient (Wildman–Crippen LogP) is 4.22. The van der Waals surface area contributed by atoms with Crippen molar-refractivity contribution in [3.8, 4) is 5.75 Å². The minimum atomic E-state index is -3.64. The second kappa shape index (κ2) is 8.50.